The minimum Gasteiger partial charge on any atom is -0.399 e. The molecule has 0 radical (unpaired) electrons. The van der Waals surface area contributed by atoms with Crippen LogP contribution in [0.1, 0.15) is 38.2 Å². The molecule has 1 fully saturated rings. The lowest BCUT2D eigenvalue weighted by Gasteiger charge is -2.27. The van der Waals surface area contributed by atoms with Crippen LogP contribution in [-0.2, 0) is 11.3 Å². The predicted molar refractivity (Wildman–Crippen MR) is 74.8 cm³/mol. The summed E-state index contributed by atoms with van der Waals surface area (Å²) < 4.78 is 7.03. The van der Waals surface area contributed by atoms with Crippen molar-refractivity contribution >= 4 is 21.6 Å². The van der Waals surface area contributed by atoms with Crippen LogP contribution in [0.2, 0.25) is 0 Å². The monoisotopic (exact) mass is 297 g/mol. The molecule has 2 rings (SSSR count). The molecule has 1 aliphatic carbocycles. The fourth-order valence-corrected chi connectivity index (χ4v) is 2.93. The summed E-state index contributed by atoms with van der Waals surface area (Å²) in [5.74, 6) is 0.809. The topological polar surface area (TPSA) is 35.2 Å². The van der Waals surface area contributed by atoms with Gasteiger partial charge < -0.3 is 10.5 Å². The van der Waals surface area contributed by atoms with E-state index in [2.05, 4.69) is 22.9 Å². The highest BCUT2D eigenvalue weighted by atomic mass is 79.9. The Bertz CT molecular complexity index is 380. The molecule has 2 atom stereocenters. The van der Waals surface area contributed by atoms with E-state index in [9.17, 15) is 0 Å². The first-order chi connectivity index (χ1) is 8.15. The molecule has 1 aromatic carbocycles. The van der Waals surface area contributed by atoms with Gasteiger partial charge in [0.1, 0.15) is 0 Å². The van der Waals surface area contributed by atoms with Gasteiger partial charge in [-0.25, -0.2) is 0 Å². The van der Waals surface area contributed by atoms with Gasteiger partial charge >= 0.3 is 0 Å². The Hall–Kier alpha value is -0.540. The van der Waals surface area contributed by atoms with Crippen molar-refractivity contribution in [3.8, 4) is 0 Å². The number of rotatable bonds is 3. The summed E-state index contributed by atoms with van der Waals surface area (Å²) in [6.07, 6.45) is 5.49. The largest absolute Gasteiger partial charge is 0.399 e. The number of ether oxygens (including phenoxy) is 1. The van der Waals surface area contributed by atoms with E-state index in [4.69, 9.17) is 10.5 Å². The van der Waals surface area contributed by atoms with E-state index in [1.165, 1.54) is 31.2 Å². The van der Waals surface area contributed by atoms with Crippen molar-refractivity contribution in [2.24, 2.45) is 5.92 Å². The van der Waals surface area contributed by atoms with Crippen molar-refractivity contribution in [2.45, 2.75) is 45.3 Å². The normalized spacial score (nSPS) is 24.8. The molecule has 1 aliphatic rings. The maximum absolute atomic E-state index is 5.99. The first kappa shape index (κ1) is 12.9. The first-order valence-corrected chi connectivity index (χ1v) is 7.10. The van der Waals surface area contributed by atoms with Crippen molar-refractivity contribution in [2.75, 3.05) is 5.73 Å². The Morgan fingerprint density at radius 2 is 2.24 bits per heavy atom. The minimum atomic E-state index is 0.434. The summed E-state index contributed by atoms with van der Waals surface area (Å²) in [5, 5.41) is 0. The third-order valence-electron chi connectivity index (χ3n) is 3.44. The molecule has 1 saturated carbocycles. The summed E-state index contributed by atoms with van der Waals surface area (Å²) >= 11 is 3.52. The summed E-state index contributed by atoms with van der Waals surface area (Å²) in [7, 11) is 0. The third kappa shape index (κ3) is 3.71. The van der Waals surface area contributed by atoms with E-state index in [-0.39, 0.29) is 0 Å². The molecule has 0 spiro atoms. The second-order valence-electron chi connectivity index (χ2n) is 5.06. The molecule has 0 bridgehead atoms. The molecule has 17 heavy (non-hydrogen) atoms. The molecule has 0 heterocycles. The van der Waals surface area contributed by atoms with E-state index in [0.29, 0.717) is 12.7 Å². The van der Waals surface area contributed by atoms with Crippen LogP contribution in [0.4, 0.5) is 5.69 Å². The fraction of sp³-hybridized carbons (Fsp3) is 0.571. The first-order valence-electron chi connectivity index (χ1n) is 6.30. The van der Waals surface area contributed by atoms with Crippen molar-refractivity contribution < 1.29 is 4.74 Å². The zero-order valence-electron chi connectivity index (χ0n) is 10.3. The fourth-order valence-electron chi connectivity index (χ4n) is 2.42. The summed E-state index contributed by atoms with van der Waals surface area (Å²) in [5.41, 5.74) is 7.68. The quantitative estimate of drug-likeness (QED) is 0.852. The van der Waals surface area contributed by atoms with Gasteiger partial charge in [0.15, 0.2) is 0 Å². The second-order valence-corrected chi connectivity index (χ2v) is 5.91. The SMILES string of the molecule is CC1CCCC(OCc2ccc(N)cc2Br)C1. The second kappa shape index (κ2) is 5.87. The molecule has 0 aliphatic heterocycles. The number of nitrogen functional groups attached to an aromatic ring is 1. The Kier molecular flexibility index (Phi) is 4.46. The molecule has 1 aromatic rings. The number of benzene rings is 1. The van der Waals surface area contributed by atoms with Gasteiger partial charge in [0, 0.05) is 10.2 Å². The van der Waals surface area contributed by atoms with Gasteiger partial charge in [-0.2, -0.15) is 0 Å². The number of hydrogen-bond donors (Lipinski definition) is 1. The van der Waals surface area contributed by atoms with E-state index >= 15 is 0 Å². The smallest absolute Gasteiger partial charge is 0.0731 e. The Labute approximate surface area is 112 Å². The molecule has 94 valence electrons. The molecule has 3 heteroatoms. The summed E-state index contributed by atoms with van der Waals surface area (Å²) in [6.45, 7) is 2.99. The molecule has 2 unspecified atom stereocenters. The highest BCUT2D eigenvalue weighted by Crippen LogP contribution is 2.27. The standard InChI is InChI=1S/C14H20BrNO/c1-10-3-2-4-13(7-10)17-9-11-5-6-12(16)8-14(11)15/h5-6,8,10,13H,2-4,7,9,16H2,1H3. The zero-order valence-corrected chi connectivity index (χ0v) is 11.9. The van der Waals surface area contributed by atoms with E-state index in [1.54, 1.807) is 0 Å². The number of hydrogen-bond acceptors (Lipinski definition) is 2. The lowest BCUT2D eigenvalue weighted by atomic mass is 9.89. The van der Waals surface area contributed by atoms with Crippen molar-refractivity contribution in [3.63, 3.8) is 0 Å². The highest BCUT2D eigenvalue weighted by Gasteiger charge is 2.19. The van der Waals surface area contributed by atoms with Crippen LogP contribution in [0.15, 0.2) is 22.7 Å². The van der Waals surface area contributed by atoms with Gasteiger partial charge in [-0.1, -0.05) is 41.8 Å². The van der Waals surface area contributed by atoms with Crippen LogP contribution >= 0.6 is 15.9 Å². The zero-order chi connectivity index (χ0) is 12.3. The molecule has 2 nitrogen and oxygen atoms in total. The Morgan fingerprint density at radius 1 is 1.41 bits per heavy atom. The maximum Gasteiger partial charge on any atom is 0.0731 e. The van der Waals surface area contributed by atoms with Crippen LogP contribution in [0.25, 0.3) is 0 Å². The Balaban J connectivity index is 1.88. The van der Waals surface area contributed by atoms with Crippen molar-refractivity contribution in [1.82, 2.24) is 0 Å². The summed E-state index contributed by atoms with van der Waals surface area (Å²) in [4.78, 5) is 0. The minimum absolute atomic E-state index is 0.434. The average molecular weight is 298 g/mol. The van der Waals surface area contributed by atoms with Crippen LogP contribution in [0.3, 0.4) is 0 Å². The van der Waals surface area contributed by atoms with Gasteiger partial charge in [0.2, 0.25) is 0 Å². The molecule has 0 saturated heterocycles. The molecule has 0 aromatic heterocycles. The molecule has 2 N–H and O–H groups in total. The third-order valence-corrected chi connectivity index (χ3v) is 4.18. The van der Waals surface area contributed by atoms with Gasteiger partial charge in [-0.15, -0.1) is 0 Å². The summed E-state index contributed by atoms with van der Waals surface area (Å²) in [6, 6.07) is 5.89. The van der Waals surface area contributed by atoms with Crippen LogP contribution in [-0.4, -0.2) is 6.10 Å². The van der Waals surface area contributed by atoms with Crippen molar-refractivity contribution in [1.29, 1.82) is 0 Å². The van der Waals surface area contributed by atoms with E-state index < -0.39 is 0 Å². The van der Waals surface area contributed by atoms with Crippen LogP contribution in [0.5, 0.6) is 0 Å². The lowest BCUT2D eigenvalue weighted by molar-refractivity contribution is 0.00444. The Morgan fingerprint density at radius 3 is 2.94 bits per heavy atom. The van der Waals surface area contributed by atoms with E-state index in [0.717, 1.165) is 16.1 Å². The predicted octanol–water partition coefficient (Wildman–Crippen LogP) is 4.13. The lowest BCUT2D eigenvalue weighted by Crippen LogP contribution is -2.21. The highest BCUT2D eigenvalue weighted by molar-refractivity contribution is 9.10. The van der Waals surface area contributed by atoms with E-state index in [1.807, 2.05) is 18.2 Å². The number of halogens is 1. The van der Waals surface area contributed by atoms with Gasteiger partial charge in [0.25, 0.3) is 0 Å². The van der Waals surface area contributed by atoms with Gasteiger partial charge in [-0.05, 0) is 36.5 Å². The number of nitrogens with two attached hydrogens (primary N) is 1. The van der Waals surface area contributed by atoms with Crippen molar-refractivity contribution in [3.05, 3.63) is 28.2 Å². The molecular weight excluding hydrogens is 278 g/mol. The van der Waals surface area contributed by atoms with Gasteiger partial charge in [-0.3, -0.25) is 0 Å². The molecule has 0 amide bonds. The van der Waals surface area contributed by atoms with Gasteiger partial charge in [0.05, 0.1) is 12.7 Å². The van der Waals surface area contributed by atoms with Crippen LogP contribution < -0.4 is 5.73 Å². The maximum atomic E-state index is 5.99. The average Bonchev–Trinajstić information content (AvgIpc) is 2.28. The molecular formula is C14H20BrNO. The van der Waals surface area contributed by atoms with Crippen LogP contribution in [0, 0.1) is 5.92 Å². The number of anilines is 1.